The predicted octanol–water partition coefficient (Wildman–Crippen LogP) is 1.64. The number of nitrogens with one attached hydrogen (secondary N) is 2. The van der Waals surface area contributed by atoms with Gasteiger partial charge in [-0.1, -0.05) is 25.0 Å². The van der Waals surface area contributed by atoms with Gasteiger partial charge in [-0.05, 0) is 50.8 Å². The van der Waals surface area contributed by atoms with Crippen LogP contribution in [0, 0.1) is 13.8 Å². The van der Waals surface area contributed by atoms with E-state index in [0.717, 1.165) is 5.56 Å². The SMILES string of the molecule is CCNC(=O)CNC(=O)C1(S(=O)(=O)c2cc(C)ccc2C)CCCC1. The van der Waals surface area contributed by atoms with Gasteiger partial charge >= 0.3 is 0 Å². The minimum atomic E-state index is -3.86. The fraction of sp³-hybridized carbons (Fsp3) is 0.556. The van der Waals surface area contributed by atoms with E-state index < -0.39 is 20.5 Å². The lowest BCUT2D eigenvalue weighted by Crippen LogP contribution is -2.52. The highest BCUT2D eigenvalue weighted by molar-refractivity contribution is 7.93. The number of likely N-dealkylation sites (N-methyl/N-ethyl adjacent to an activating group) is 1. The number of carbonyl (C=O) groups excluding carboxylic acids is 2. The van der Waals surface area contributed by atoms with Crippen LogP contribution in [0.2, 0.25) is 0 Å². The summed E-state index contributed by atoms with van der Waals surface area (Å²) >= 11 is 0. The highest BCUT2D eigenvalue weighted by Gasteiger charge is 2.53. The molecule has 6 nitrogen and oxygen atoms in total. The van der Waals surface area contributed by atoms with Crippen LogP contribution in [0.5, 0.6) is 0 Å². The zero-order valence-corrected chi connectivity index (χ0v) is 15.8. The molecule has 1 saturated carbocycles. The molecule has 1 aromatic carbocycles. The minimum absolute atomic E-state index is 0.211. The summed E-state index contributed by atoms with van der Waals surface area (Å²) in [6.07, 6.45) is 1.92. The third-order valence-corrected chi connectivity index (χ3v) is 7.40. The second-order valence-corrected chi connectivity index (χ2v) is 8.84. The van der Waals surface area contributed by atoms with E-state index in [1.807, 2.05) is 13.0 Å². The molecule has 0 heterocycles. The Morgan fingerprint density at radius 3 is 2.36 bits per heavy atom. The fourth-order valence-electron chi connectivity index (χ4n) is 3.35. The van der Waals surface area contributed by atoms with Gasteiger partial charge in [0.05, 0.1) is 11.4 Å². The van der Waals surface area contributed by atoms with Gasteiger partial charge in [-0.25, -0.2) is 8.42 Å². The maximum atomic E-state index is 13.4. The minimum Gasteiger partial charge on any atom is -0.355 e. The lowest BCUT2D eigenvalue weighted by molar-refractivity contribution is -0.127. The van der Waals surface area contributed by atoms with E-state index in [4.69, 9.17) is 0 Å². The van der Waals surface area contributed by atoms with Gasteiger partial charge < -0.3 is 10.6 Å². The molecule has 0 spiro atoms. The van der Waals surface area contributed by atoms with E-state index in [1.54, 1.807) is 26.0 Å². The Kier molecular flexibility index (Phi) is 5.87. The van der Waals surface area contributed by atoms with Crippen molar-refractivity contribution in [2.45, 2.75) is 56.1 Å². The van der Waals surface area contributed by atoms with Crippen molar-refractivity contribution in [1.29, 1.82) is 0 Å². The van der Waals surface area contributed by atoms with Crippen LogP contribution in [0.4, 0.5) is 0 Å². The number of aryl methyl sites for hydroxylation is 2. The van der Waals surface area contributed by atoms with Crippen LogP contribution >= 0.6 is 0 Å². The quantitative estimate of drug-likeness (QED) is 0.800. The second kappa shape index (κ2) is 7.56. The molecule has 1 fully saturated rings. The van der Waals surface area contributed by atoms with Gasteiger partial charge in [-0.3, -0.25) is 9.59 Å². The molecule has 0 radical (unpaired) electrons. The van der Waals surface area contributed by atoms with E-state index >= 15 is 0 Å². The van der Waals surface area contributed by atoms with Gasteiger partial charge in [0, 0.05) is 6.54 Å². The average molecular weight is 366 g/mol. The van der Waals surface area contributed by atoms with E-state index in [0.29, 0.717) is 24.9 Å². The first-order chi connectivity index (χ1) is 11.7. The molecule has 2 N–H and O–H groups in total. The van der Waals surface area contributed by atoms with Crippen molar-refractivity contribution in [2.24, 2.45) is 0 Å². The van der Waals surface area contributed by atoms with Gasteiger partial charge in [0.25, 0.3) is 0 Å². The summed E-state index contributed by atoms with van der Waals surface area (Å²) in [5.74, 6) is -0.898. The summed E-state index contributed by atoms with van der Waals surface area (Å²) in [4.78, 5) is 24.6. The largest absolute Gasteiger partial charge is 0.355 e. The molecule has 25 heavy (non-hydrogen) atoms. The van der Waals surface area contributed by atoms with Gasteiger partial charge in [-0.2, -0.15) is 0 Å². The molecule has 0 aliphatic heterocycles. The molecule has 1 aromatic rings. The first-order valence-corrected chi connectivity index (χ1v) is 10.1. The molecule has 2 amide bonds. The molecule has 0 aromatic heterocycles. The molecular weight excluding hydrogens is 340 g/mol. The Balaban J connectivity index is 2.37. The maximum Gasteiger partial charge on any atom is 0.242 e. The number of carbonyl (C=O) groups is 2. The Hall–Kier alpha value is -1.89. The van der Waals surface area contributed by atoms with Gasteiger partial charge in [0.2, 0.25) is 11.8 Å². The zero-order valence-electron chi connectivity index (χ0n) is 15.0. The van der Waals surface area contributed by atoms with Crippen LogP contribution < -0.4 is 10.6 Å². The Bertz CT molecular complexity index is 765. The number of rotatable bonds is 6. The Morgan fingerprint density at radius 2 is 1.76 bits per heavy atom. The third-order valence-electron chi connectivity index (χ3n) is 4.76. The average Bonchev–Trinajstić information content (AvgIpc) is 3.06. The van der Waals surface area contributed by atoms with Gasteiger partial charge in [-0.15, -0.1) is 0 Å². The van der Waals surface area contributed by atoms with Gasteiger partial charge in [0.15, 0.2) is 14.6 Å². The molecule has 0 atom stereocenters. The lowest BCUT2D eigenvalue weighted by atomic mass is 10.1. The molecular formula is C18H26N2O4S. The van der Waals surface area contributed by atoms with E-state index in [2.05, 4.69) is 10.6 Å². The summed E-state index contributed by atoms with van der Waals surface area (Å²) in [5.41, 5.74) is 1.47. The Morgan fingerprint density at radius 1 is 1.12 bits per heavy atom. The number of benzene rings is 1. The van der Waals surface area contributed by atoms with Crippen molar-refractivity contribution in [1.82, 2.24) is 10.6 Å². The summed E-state index contributed by atoms with van der Waals surface area (Å²) in [6.45, 7) is 5.59. The van der Waals surface area contributed by atoms with Crippen LogP contribution in [0.3, 0.4) is 0 Å². The maximum absolute atomic E-state index is 13.4. The molecule has 0 unspecified atom stereocenters. The van der Waals surface area contributed by atoms with Crippen molar-refractivity contribution in [3.63, 3.8) is 0 Å². The summed E-state index contributed by atoms with van der Waals surface area (Å²) in [6, 6.07) is 5.24. The van der Waals surface area contributed by atoms with Crippen molar-refractivity contribution >= 4 is 21.7 Å². The van der Waals surface area contributed by atoms with Gasteiger partial charge in [0.1, 0.15) is 0 Å². The smallest absolute Gasteiger partial charge is 0.242 e. The van der Waals surface area contributed by atoms with Crippen molar-refractivity contribution in [3.05, 3.63) is 29.3 Å². The molecule has 1 aliphatic rings. The van der Waals surface area contributed by atoms with Crippen LogP contribution in [0.15, 0.2) is 23.1 Å². The molecule has 0 saturated heterocycles. The van der Waals surface area contributed by atoms with Crippen LogP contribution in [0.25, 0.3) is 0 Å². The molecule has 2 rings (SSSR count). The zero-order chi connectivity index (χ0) is 18.7. The highest BCUT2D eigenvalue weighted by atomic mass is 32.2. The molecule has 0 bridgehead atoms. The predicted molar refractivity (Wildman–Crippen MR) is 96.0 cm³/mol. The summed E-state index contributed by atoms with van der Waals surface area (Å²) in [5, 5.41) is 5.12. The molecule has 7 heteroatoms. The first kappa shape index (κ1) is 19.4. The third kappa shape index (κ3) is 3.71. The van der Waals surface area contributed by atoms with Crippen molar-refractivity contribution < 1.29 is 18.0 Å². The fourth-order valence-corrected chi connectivity index (χ4v) is 5.75. The van der Waals surface area contributed by atoms with E-state index in [9.17, 15) is 18.0 Å². The Labute approximate surface area is 149 Å². The highest BCUT2D eigenvalue weighted by Crippen LogP contribution is 2.41. The molecule has 138 valence electrons. The normalized spacial score (nSPS) is 16.4. The summed E-state index contributed by atoms with van der Waals surface area (Å²) < 4.78 is 25.3. The number of hydrogen-bond acceptors (Lipinski definition) is 4. The van der Waals surface area contributed by atoms with E-state index in [-0.39, 0.29) is 30.2 Å². The summed E-state index contributed by atoms with van der Waals surface area (Å²) in [7, 11) is -3.86. The monoisotopic (exact) mass is 366 g/mol. The number of amides is 2. The standard InChI is InChI=1S/C18H26N2O4S/c1-4-19-16(21)12-20-17(22)18(9-5-6-10-18)25(23,24)15-11-13(2)7-8-14(15)3/h7-8,11H,4-6,9-10,12H2,1-3H3,(H,19,21)(H,20,22). The van der Waals surface area contributed by atoms with Crippen LogP contribution in [-0.4, -0.2) is 38.1 Å². The number of hydrogen-bond donors (Lipinski definition) is 2. The second-order valence-electron chi connectivity index (χ2n) is 6.61. The molecule has 1 aliphatic carbocycles. The number of sulfone groups is 1. The van der Waals surface area contributed by atoms with Crippen LogP contribution in [-0.2, 0) is 19.4 Å². The van der Waals surface area contributed by atoms with Crippen molar-refractivity contribution in [2.75, 3.05) is 13.1 Å². The van der Waals surface area contributed by atoms with E-state index in [1.165, 1.54) is 0 Å². The van der Waals surface area contributed by atoms with Crippen molar-refractivity contribution in [3.8, 4) is 0 Å². The lowest BCUT2D eigenvalue weighted by Gasteiger charge is -2.28. The van der Waals surface area contributed by atoms with Crippen LogP contribution in [0.1, 0.15) is 43.7 Å². The first-order valence-electron chi connectivity index (χ1n) is 8.61. The topological polar surface area (TPSA) is 92.3 Å².